The number of aryl methyl sites for hydroxylation is 1. The van der Waals surface area contributed by atoms with Gasteiger partial charge in [0.15, 0.2) is 6.10 Å². The number of thiophene rings is 1. The molecule has 2 N–H and O–H groups in total. The van der Waals surface area contributed by atoms with Gasteiger partial charge in [-0.1, -0.05) is 0 Å². The second-order valence-corrected chi connectivity index (χ2v) is 8.20. The Hall–Kier alpha value is -2.87. The van der Waals surface area contributed by atoms with E-state index in [0.29, 0.717) is 28.6 Å². The number of carbonyl (C=O) groups excluding carboxylic acids is 3. The van der Waals surface area contributed by atoms with Gasteiger partial charge in [0.05, 0.1) is 12.2 Å². The second kappa shape index (κ2) is 9.75. The van der Waals surface area contributed by atoms with E-state index in [1.54, 1.807) is 24.3 Å². The molecule has 1 aliphatic rings. The molecule has 30 heavy (non-hydrogen) atoms. The van der Waals surface area contributed by atoms with Gasteiger partial charge >= 0.3 is 5.97 Å². The minimum absolute atomic E-state index is 0.246. The maximum atomic E-state index is 12.9. The number of carbonyl (C=O) groups is 3. The van der Waals surface area contributed by atoms with Crippen LogP contribution in [0.25, 0.3) is 0 Å². The summed E-state index contributed by atoms with van der Waals surface area (Å²) < 4.78 is 10.8. The van der Waals surface area contributed by atoms with Crippen molar-refractivity contribution < 1.29 is 23.9 Å². The molecule has 1 aromatic heterocycles. The van der Waals surface area contributed by atoms with Crippen molar-refractivity contribution in [1.82, 2.24) is 0 Å². The molecule has 0 spiro atoms. The molecular weight excluding hydrogens is 404 g/mol. The standard InChI is InChI=1S/C22H26N2O5S/c1-4-28-16-11-9-15(10-12-16)24-20(26)13(2)29-22(27)19-17-7-5-6-8-18(17)30-21(19)23-14(3)25/h9-13H,4-8H2,1-3H3,(H,23,25)(H,24,26). The van der Waals surface area contributed by atoms with E-state index in [9.17, 15) is 14.4 Å². The molecule has 1 unspecified atom stereocenters. The molecule has 1 aromatic carbocycles. The third-order valence-electron chi connectivity index (χ3n) is 4.75. The van der Waals surface area contributed by atoms with Gasteiger partial charge in [0.1, 0.15) is 10.8 Å². The monoisotopic (exact) mass is 430 g/mol. The maximum Gasteiger partial charge on any atom is 0.342 e. The molecule has 8 heteroatoms. The highest BCUT2D eigenvalue weighted by molar-refractivity contribution is 7.17. The predicted octanol–water partition coefficient (Wildman–Crippen LogP) is 4.17. The van der Waals surface area contributed by atoms with Crippen molar-refractivity contribution >= 4 is 39.8 Å². The summed E-state index contributed by atoms with van der Waals surface area (Å²) in [6.07, 6.45) is 2.70. The van der Waals surface area contributed by atoms with Gasteiger partial charge in [0.2, 0.25) is 5.91 Å². The zero-order chi connectivity index (χ0) is 21.7. The van der Waals surface area contributed by atoms with Crippen molar-refractivity contribution in [2.24, 2.45) is 0 Å². The molecule has 0 aliphatic heterocycles. The summed E-state index contributed by atoms with van der Waals surface area (Å²) in [6.45, 7) is 5.39. The van der Waals surface area contributed by atoms with Gasteiger partial charge in [-0.3, -0.25) is 9.59 Å². The molecule has 0 saturated heterocycles. The Kier molecular flexibility index (Phi) is 7.10. The first-order valence-corrected chi connectivity index (χ1v) is 10.9. The Balaban J connectivity index is 1.69. The first kappa shape index (κ1) is 21.8. The Morgan fingerprint density at radius 3 is 2.47 bits per heavy atom. The highest BCUT2D eigenvalue weighted by atomic mass is 32.1. The molecule has 0 bridgehead atoms. The van der Waals surface area contributed by atoms with Crippen molar-refractivity contribution in [1.29, 1.82) is 0 Å². The molecule has 7 nitrogen and oxygen atoms in total. The number of esters is 1. The summed E-state index contributed by atoms with van der Waals surface area (Å²) in [4.78, 5) is 38.1. The fraction of sp³-hybridized carbons (Fsp3) is 0.409. The van der Waals surface area contributed by atoms with Crippen LogP contribution >= 0.6 is 11.3 Å². The molecule has 2 aromatic rings. The normalized spacial score (nSPS) is 13.7. The van der Waals surface area contributed by atoms with E-state index in [1.165, 1.54) is 25.2 Å². The van der Waals surface area contributed by atoms with Crippen LogP contribution in [0.5, 0.6) is 5.75 Å². The summed E-state index contributed by atoms with van der Waals surface area (Å²) in [5.41, 5.74) is 1.89. The van der Waals surface area contributed by atoms with Gasteiger partial charge in [-0.15, -0.1) is 11.3 Å². The molecule has 3 rings (SSSR count). The molecule has 2 amide bonds. The summed E-state index contributed by atoms with van der Waals surface area (Å²) in [5, 5.41) is 5.97. The van der Waals surface area contributed by atoms with Crippen molar-refractivity contribution in [3.63, 3.8) is 0 Å². The van der Waals surface area contributed by atoms with Crippen LogP contribution < -0.4 is 15.4 Å². The molecule has 1 aliphatic carbocycles. The van der Waals surface area contributed by atoms with Crippen LogP contribution in [0.2, 0.25) is 0 Å². The smallest absolute Gasteiger partial charge is 0.342 e. The van der Waals surface area contributed by atoms with Gasteiger partial charge in [0, 0.05) is 17.5 Å². The lowest BCUT2D eigenvalue weighted by atomic mass is 9.95. The Bertz CT molecular complexity index is 936. The third-order valence-corrected chi connectivity index (χ3v) is 5.96. The Morgan fingerprint density at radius 2 is 1.80 bits per heavy atom. The van der Waals surface area contributed by atoms with Crippen LogP contribution in [0.1, 0.15) is 54.4 Å². The Labute approximate surface area is 179 Å². The number of fused-ring (bicyclic) bond motifs is 1. The number of hydrogen-bond donors (Lipinski definition) is 2. The van der Waals surface area contributed by atoms with Crippen LogP contribution in [0, 0.1) is 0 Å². The molecule has 0 radical (unpaired) electrons. The highest BCUT2D eigenvalue weighted by Gasteiger charge is 2.29. The summed E-state index contributed by atoms with van der Waals surface area (Å²) >= 11 is 1.42. The average Bonchev–Trinajstić information content (AvgIpc) is 3.06. The van der Waals surface area contributed by atoms with Crippen LogP contribution in [0.15, 0.2) is 24.3 Å². The van der Waals surface area contributed by atoms with Crippen molar-refractivity contribution in [2.45, 2.75) is 52.6 Å². The van der Waals surface area contributed by atoms with E-state index in [0.717, 1.165) is 36.1 Å². The molecular formula is C22H26N2O5S. The van der Waals surface area contributed by atoms with E-state index < -0.39 is 18.0 Å². The first-order valence-electron chi connectivity index (χ1n) is 10.1. The van der Waals surface area contributed by atoms with E-state index in [1.807, 2.05) is 6.92 Å². The summed E-state index contributed by atoms with van der Waals surface area (Å²) in [6, 6.07) is 6.96. The third kappa shape index (κ3) is 5.18. The average molecular weight is 431 g/mol. The second-order valence-electron chi connectivity index (χ2n) is 7.09. The van der Waals surface area contributed by atoms with Crippen molar-refractivity contribution in [3.8, 4) is 5.75 Å². The predicted molar refractivity (Wildman–Crippen MR) is 116 cm³/mol. The largest absolute Gasteiger partial charge is 0.494 e. The fourth-order valence-corrected chi connectivity index (χ4v) is 4.67. The summed E-state index contributed by atoms with van der Waals surface area (Å²) in [5.74, 6) is -0.558. The zero-order valence-electron chi connectivity index (χ0n) is 17.4. The number of benzene rings is 1. The van der Waals surface area contributed by atoms with Crippen molar-refractivity contribution in [3.05, 3.63) is 40.3 Å². The highest BCUT2D eigenvalue weighted by Crippen LogP contribution is 2.38. The molecule has 0 saturated carbocycles. The van der Waals surface area contributed by atoms with Gasteiger partial charge in [0.25, 0.3) is 5.91 Å². The van der Waals surface area contributed by atoms with Gasteiger partial charge in [-0.25, -0.2) is 4.79 Å². The van der Waals surface area contributed by atoms with E-state index in [2.05, 4.69) is 10.6 Å². The fourth-order valence-electron chi connectivity index (χ4n) is 3.35. The lowest BCUT2D eigenvalue weighted by Crippen LogP contribution is -2.30. The van der Waals surface area contributed by atoms with Gasteiger partial charge < -0.3 is 20.1 Å². The van der Waals surface area contributed by atoms with E-state index in [4.69, 9.17) is 9.47 Å². The molecule has 0 fully saturated rings. The van der Waals surface area contributed by atoms with Gasteiger partial charge in [-0.05, 0) is 69.4 Å². The van der Waals surface area contributed by atoms with E-state index in [-0.39, 0.29) is 5.91 Å². The number of rotatable bonds is 7. The van der Waals surface area contributed by atoms with Crippen LogP contribution in [0.4, 0.5) is 10.7 Å². The first-order chi connectivity index (χ1) is 14.4. The molecule has 160 valence electrons. The van der Waals surface area contributed by atoms with Gasteiger partial charge in [-0.2, -0.15) is 0 Å². The number of anilines is 2. The zero-order valence-corrected chi connectivity index (χ0v) is 18.2. The number of nitrogens with one attached hydrogen (secondary N) is 2. The summed E-state index contributed by atoms with van der Waals surface area (Å²) in [7, 11) is 0. The number of ether oxygens (including phenoxy) is 2. The van der Waals surface area contributed by atoms with Crippen molar-refractivity contribution in [2.75, 3.05) is 17.2 Å². The molecule has 1 heterocycles. The minimum Gasteiger partial charge on any atom is -0.494 e. The topological polar surface area (TPSA) is 93.7 Å². The number of hydrogen-bond acceptors (Lipinski definition) is 6. The lowest BCUT2D eigenvalue weighted by molar-refractivity contribution is -0.123. The van der Waals surface area contributed by atoms with Crippen LogP contribution in [-0.4, -0.2) is 30.5 Å². The van der Waals surface area contributed by atoms with Crippen LogP contribution in [-0.2, 0) is 27.2 Å². The van der Waals surface area contributed by atoms with E-state index >= 15 is 0 Å². The lowest BCUT2D eigenvalue weighted by Gasteiger charge is -2.16. The minimum atomic E-state index is -0.992. The van der Waals surface area contributed by atoms with Crippen LogP contribution in [0.3, 0.4) is 0 Å². The SMILES string of the molecule is CCOc1ccc(NC(=O)C(C)OC(=O)c2c(NC(C)=O)sc3c2CCCC3)cc1. The Morgan fingerprint density at radius 1 is 1.10 bits per heavy atom. The molecule has 1 atom stereocenters. The quantitative estimate of drug-likeness (QED) is 0.643. The maximum absolute atomic E-state index is 12.9. The number of amides is 2.